The number of ether oxygens (including phenoxy) is 1. The molecule has 0 unspecified atom stereocenters. The summed E-state index contributed by atoms with van der Waals surface area (Å²) < 4.78 is 4.87. The van der Waals surface area contributed by atoms with Crippen molar-refractivity contribution in [3.8, 4) is 0 Å². The molecule has 0 bridgehead atoms. The Hall–Kier alpha value is -1.40. The predicted molar refractivity (Wildman–Crippen MR) is 79.8 cm³/mol. The molecule has 20 heavy (non-hydrogen) atoms. The van der Waals surface area contributed by atoms with Crippen LogP contribution in [-0.2, 0) is 20.7 Å². The highest BCUT2D eigenvalue weighted by Gasteiger charge is 2.13. The Balaban J connectivity index is 2.23. The van der Waals surface area contributed by atoms with Crippen LogP contribution in [0.4, 0.5) is 0 Å². The number of thiophene rings is 1. The van der Waals surface area contributed by atoms with Crippen molar-refractivity contribution in [1.82, 2.24) is 10.2 Å². The molecule has 112 valence electrons. The number of rotatable bonds is 9. The minimum Gasteiger partial charge on any atom is -0.465 e. The van der Waals surface area contributed by atoms with E-state index in [0.29, 0.717) is 19.7 Å². The molecule has 6 heteroatoms. The minimum atomic E-state index is -0.291. The maximum atomic E-state index is 11.8. The fraction of sp³-hybridized carbons (Fsp3) is 0.571. The zero-order valence-corrected chi connectivity index (χ0v) is 12.9. The predicted octanol–water partition coefficient (Wildman–Crippen LogP) is 1.29. The maximum absolute atomic E-state index is 11.8. The standard InChI is InChI=1S/C14H22N2O3S/c1-3-16(11-14(18)19-4-2)10-13(17)15-8-7-12-6-5-9-20-12/h5-6,9H,3-4,7-8,10-11H2,1-2H3,(H,15,17). The Kier molecular flexibility index (Phi) is 7.91. The number of nitrogens with one attached hydrogen (secondary N) is 1. The molecule has 0 aliphatic carbocycles. The smallest absolute Gasteiger partial charge is 0.320 e. The fourth-order valence-electron chi connectivity index (χ4n) is 1.71. The van der Waals surface area contributed by atoms with Crippen LogP contribution in [0.2, 0.25) is 0 Å². The SMILES string of the molecule is CCOC(=O)CN(CC)CC(=O)NCCc1cccs1. The second kappa shape index (κ2) is 9.50. The van der Waals surface area contributed by atoms with Gasteiger partial charge in [0.1, 0.15) is 0 Å². The van der Waals surface area contributed by atoms with E-state index in [9.17, 15) is 9.59 Å². The molecule has 1 aromatic rings. The van der Waals surface area contributed by atoms with Crippen molar-refractivity contribution in [2.75, 3.05) is 32.8 Å². The van der Waals surface area contributed by atoms with Gasteiger partial charge in [-0.1, -0.05) is 13.0 Å². The van der Waals surface area contributed by atoms with E-state index in [0.717, 1.165) is 6.42 Å². The van der Waals surface area contributed by atoms with Gasteiger partial charge in [-0.15, -0.1) is 11.3 Å². The first-order chi connectivity index (χ1) is 9.65. The van der Waals surface area contributed by atoms with Crippen LogP contribution in [0.1, 0.15) is 18.7 Å². The topological polar surface area (TPSA) is 58.6 Å². The van der Waals surface area contributed by atoms with Gasteiger partial charge in [-0.3, -0.25) is 14.5 Å². The average Bonchev–Trinajstić information content (AvgIpc) is 2.91. The molecule has 0 radical (unpaired) electrons. The summed E-state index contributed by atoms with van der Waals surface area (Å²) in [6, 6.07) is 4.05. The highest BCUT2D eigenvalue weighted by molar-refractivity contribution is 7.09. The number of hydrogen-bond acceptors (Lipinski definition) is 5. The molecular formula is C14H22N2O3S. The molecule has 0 aliphatic heterocycles. The van der Waals surface area contributed by atoms with Crippen molar-refractivity contribution >= 4 is 23.2 Å². The summed E-state index contributed by atoms with van der Waals surface area (Å²) in [5.74, 6) is -0.353. The molecule has 0 saturated carbocycles. The third-order valence-electron chi connectivity index (χ3n) is 2.75. The van der Waals surface area contributed by atoms with E-state index in [1.165, 1.54) is 4.88 Å². The van der Waals surface area contributed by atoms with Gasteiger partial charge in [0.15, 0.2) is 0 Å². The van der Waals surface area contributed by atoms with Crippen LogP contribution in [0.15, 0.2) is 17.5 Å². The van der Waals surface area contributed by atoms with Crippen LogP contribution in [0.3, 0.4) is 0 Å². The molecule has 1 amide bonds. The number of amides is 1. The maximum Gasteiger partial charge on any atom is 0.320 e. The Morgan fingerprint density at radius 2 is 2.15 bits per heavy atom. The monoisotopic (exact) mass is 298 g/mol. The zero-order chi connectivity index (χ0) is 14.8. The molecular weight excluding hydrogens is 276 g/mol. The van der Waals surface area contributed by atoms with Crippen LogP contribution in [-0.4, -0.2) is 49.6 Å². The van der Waals surface area contributed by atoms with Gasteiger partial charge in [-0.05, 0) is 31.3 Å². The van der Waals surface area contributed by atoms with E-state index in [4.69, 9.17) is 4.74 Å². The number of esters is 1. The van der Waals surface area contributed by atoms with E-state index in [-0.39, 0.29) is 25.0 Å². The molecule has 0 fully saturated rings. The van der Waals surface area contributed by atoms with Crippen LogP contribution in [0, 0.1) is 0 Å². The second-order valence-corrected chi connectivity index (χ2v) is 5.32. The normalized spacial score (nSPS) is 10.6. The molecule has 1 rings (SSSR count). The Morgan fingerprint density at radius 3 is 2.75 bits per heavy atom. The Morgan fingerprint density at radius 1 is 1.35 bits per heavy atom. The summed E-state index contributed by atoms with van der Waals surface area (Å²) in [6.45, 7) is 5.68. The minimum absolute atomic E-state index is 0.0623. The number of carbonyl (C=O) groups excluding carboxylic acids is 2. The van der Waals surface area contributed by atoms with Gasteiger partial charge in [0, 0.05) is 11.4 Å². The molecule has 0 aromatic carbocycles. The molecule has 1 N–H and O–H groups in total. The summed E-state index contributed by atoms with van der Waals surface area (Å²) in [6.07, 6.45) is 0.841. The Labute approximate surface area is 123 Å². The lowest BCUT2D eigenvalue weighted by Gasteiger charge is -2.18. The van der Waals surface area contributed by atoms with Crippen LogP contribution in [0.5, 0.6) is 0 Å². The van der Waals surface area contributed by atoms with Gasteiger partial charge in [0.25, 0.3) is 0 Å². The number of carbonyl (C=O) groups is 2. The highest BCUT2D eigenvalue weighted by Crippen LogP contribution is 2.07. The largest absolute Gasteiger partial charge is 0.465 e. The van der Waals surface area contributed by atoms with E-state index in [1.54, 1.807) is 23.2 Å². The van der Waals surface area contributed by atoms with E-state index < -0.39 is 0 Å². The van der Waals surface area contributed by atoms with Crippen molar-refractivity contribution in [3.05, 3.63) is 22.4 Å². The molecule has 0 saturated heterocycles. The van der Waals surface area contributed by atoms with Gasteiger partial charge in [-0.2, -0.15) is 0 Å². The third-order valence-corrected chi connectivity index (χ3v) is 3.68. The van der Waals surface area contributed by atoms with Gasteiger partial charge in [0.05, 0.1) is 19.7 Å². The van der Waals surface area contributed by atoms with Crippen LogP contribution >= 0.6 is 11.3 Å². The number of hydrogen-bond donors (Lipinski definition) is 1. The Bertz CT molecular complexity index is 407. The van der Waals surface area contributed by atoms with Crippen LogP contribution < -0.4 is 5.32 Å². The first kappa shape index (κ1) is 16.7. The average molecular weight is 298 g/mol. The lowest BCUT2D eigenvalue weighted by atomic mass is 10.3. The second-order valence-electron chi connectivity index (χ2n) is 4.29. The first-order valence-electron chi connectivity index (χ1n) is 6.82. The van der Waals surface area contributed by atoms with Gasteiger partial charge >= 0.3 is 5.97 Å². The lowest BCUT2D eigenvalue weighted by Crippen LogP contribution is -2.40. The summed E-state index contributed by atoms with van der Waals surface area (Å²) in [5.41, 5.74) is 0. The van der Waals surface area contributed by atoms with Crippen molar-refractivity contribution in [1.29, 1.82) is 0 Å². The fourth-order valence-corrected chi connectivity index (χ4v) is 2.42. The van der Waals surface area contributed by atoms with E-state index >= 15 is 0 Å². The van der Waals surface area contributed by atoms with Crippen molar-refractivity contribution < 1.29 is 14.3 Å². The molecule has 5 nitrogen and oxygen atoms in total. The van der Waals surface area contributed by atoms with E-state index in [1.807, 2.05) is 18.4 Å². The molecule has 0 aliphatic rings. The molecule has 0 spiro atoms. The summed E-state index contributed by atoms with van der Waals surface area (Å²) in [4.78, 5) is 26.2. The van der Waals surface area contributed by atoms with Crippen LogP contribution in [0.25, 0.3) is 0 Å². The van der Waals surface area contributed by atoms with E-state index in [2.05, 4.69) is 11.4 Å². The molecule has 1 heterocycles. The molecule has 0 atom stereocenters. The summed E-state index contributed by atoms with van der Waals surface area (Å²) in [7, 11) is 0. The van der Waals surface area contributed by atoms with Gasteiger partial charge < -0.3 is 10.1 Å². The van der Waals surface area contributed by atoms with Gasteiger partial charge in [-0.25, -0.2) is 0 Å². The quantitative estimate of drug-likeness (QED) is 0.698. The first-order valence-corrected chi connectivity index (χ1v) is 7.70. The highest BCUT2D eigenvalue weighted by atomic mass is 32.1. The van der Waals surface area contributed by atoms with Gasteiger partial charge in [0.2, 0.25) is 5.91 Å². The van der Waals surface area contributed by atoms with Crippen molar-refractivity contribution in [2.45, 2.75) is 20.3 Å². The third kappa shape index (κ3) is 6.68. The van der Waals surface area contributed by atoms with Crippen molar-refractivity contribution in [2.24, 2.45) is 0 Å². The molecule has 1 aromatic heterocycles. The zero-order valence-electron chi connectivity index (χ0n) is 12.1. The summed E-state index contributed by atoms with van der Waals surface area (Å²) >= 11 is 1.68. The number of nitrogens with zero attached hydrogens (tertiary/aromatic N) is 1. The lowest BCUT2D eigenvalue weighted by molar-refractivity contribution is -0.144. The van der Waals surface area contributed by atoms with Crippen molar-refractivity contribution in [3.63, 3.8) is 0 Å². The number of likely N-dealkylation sites (N-methyl/N-ethyl adjacent to an activating group) is 1. The summed E-state index contributed by atoms with van der Waals surface area (Å²) in [5, 5.41) is 4.89.